The summed E-state index contributed by atoms with van der Waals surface area (Å²) in [5.74, 6) is -0.435. The summed E-state index contributed by atoms with van der Waals surface area (Å²) in [7, 11) is -2.38. The fourth-order valence-corrected chi connectivity index (χ4v) is 3.68. The van der Waals surface area contributed by atoms with E-state index in [1.54, 1.807) is 4.90 Å². The van der Waals surface area contributed by atoms with Crippen LogP contribution in [0.4, 0.5) is 5.69 Å². The minimum Gasteiger partial charge on any atom is -0.340 e. The summed E-state index contributed by atoms with van der Waals surface area (Å²) in [5.41, 5.74) is 0.516. The number of likely N-dealkylation sites (N-methyl/N-ethyl adjacent to an activating group) is 1. The third-order valence-corrected chi connectivity index (χ3v) is 5.75. The second-order valence-corrected chi connectivity index (χ2v) is 8.00. The molecular formula is C16H25ClN4O4S. The number of amides is 2. The maximum absolute atomic E-state index is 12.6. The molecule has 0 bridgehead atoms. The van der Waals surface area contributed by atoms with Crippen LogP contribution in [-0.2, 0) is 19.6 Å². The molecule has 0 aliphatic carbocycles. The molecule has 1 aliphatic heterocycles. The molecule has 0 spiro atoms. The molecule has 1 aliphatic rings. The van der Waals surface area contributed by atoms with Crippen LogP contribution in [0.3, 0.4) is 0 Å². The van der Waals surface area contributed by atoms with Gasteiger partial charge in [-0.2, -0.15) is 4.31 Å². The first kappa shape index (κ1) is 22.4. The van der Waals surface area contributed by atoms with Crippen molar-refractivity contribution in [1.82, 2.24) is 14.5 Å². The number of benzene rings is 1. The van der Waals surface area contributed by atoms with E-state index in [-0.39, 0.29) is 35.7 Å². The molecule has 8 nitrogen and oxygen atoms in total. The molecule has 10 heteroatoms. The number of hydrogen-bond donors (Lipinski definition) is 2. The molecule has 2 N–H and O–H groups in total. The van der Waals surface area contributed by atoms with Gasteiger partial charge < -0.3 is 15.5 Å². The summed E-state index contributed by atoms with van der Waals surface area (Å²) >= 11 is 0. The average Bonchev–Trinajstić information content (AvgIpc) is 2.84. The van der Waals surface area contributed by atoms with Gasteiger partial charge in [0.1, 0.15) is 0 Å². The number of sulfonamides is 1. The van der Waals surface area contributed by atoms with Crippen molar-refractivity contribution in [2.75, 3.05) is 45.1 Å². The molecule has 0 radical (unpaired) electrons. The van der Waals surface area contributed by atoms with Crippen molar-refractivity contribution < 1.29 is 18.0 Å². The lowest BCUT2D eigenvalue weighted by Gasteiger charge is -2.23. The Bertz CT molecular complexity index is 716. The van der Waals surface area contributed by atoms with Crippen molar-refractivity contribution in [3.05, 3.63) is 24.3 Å². The molecule has 0 aromatic heterocycles. The van der Waals surface area contributed by atoms with Crippen LogP contribution in [0.2, 0.25) is 0 Å². The summed E-state index contributed by atoms with van der Waals surface area (Å²) in [6, 6.07) is 5.86. The number of rotatable bonds is 5. The predicted molar refractivity (Wildman–Crippen MR) is 102 cm³/mol. The molecule has 2 rings (SSSR count). The number of carbonyl (C=O) groups is 2. The fraction of sp³-hybridized carbons (Fsp3) is 0.500. The molecule has 26 heavy (non-hydrogen) atoms. The van der Waals surface area contributed by atoms with Crippen molar-refractivity contribution in [3.8, 4) is 0 Å². The quantitative estimate of drug-likeness (QED) is 0.745. The van der Waals surface area contributed by atoms with Gasteiger partial charge in [0.25, 0.3) is 0 Å². The highest BCUT2D eigenvalue weighted by molar-refractivity contribution is 7.89. The van der Waals surface area contributed by atoms with Gasteiger partial charge >= 0.3 is 0 Å². The maximum atomic E-state index is 12.6. The van der Waals surface area contributed by atoms with E-state index in [1.807, 2.05) is 0 Å². The van der Waals surface area contributed by atoms with Crippen molar-refractivity contribution in [2.24, 2.45) is 0 Å². The molecule has 1 fully saturated rings. The molecule has 0 saturated carbocycles. The van der Waals surface area contributed by atoms with Crippen molar-refractivity contribution >= 4 is 39.9 Å². The highest BCUT2D eigenvalue weighted by Crippen LogP contribution is 2.17. The number of anilines is 1. The van der Waals surface area contributed by atoms with Crippen LogP contribution in [0.5, 0.6) is 0 Å². The van der Waals surface area contributed by atoms with Crippen molar-refractivity contribution in [3.63, 3.8) is 0 Å². The standard InChI is InChI=1S/C16H24N4O4S.ClH/c1-13(21)18-14-4-6-15(7-5-14)25(23,24)19(2)12-16(22)20-10-3-8-17-9-11-20;/h4-7,17H,3,8-12H2,1-2H3,(H,18,21);1H. The Hall–Kier alpha value is -1.68. The monoisotopic (exact) mass is 404 g/mol. The van der Waals surface area contributed by atoms with Gasteiger partial charge in [-0.25, -0.2) is 8.42 Å². The topological polar surface area (TPSA) is 98.8 Å². The normalized spacial score (nSPS) is 15.1. The van der Waals surface area contributed by atoms with Gasteiger partial charge in [0, 0.05) is 39.3 Å². The summed E-state index contributed by atoms with van der Waals surface area (Å²) in [6.45, 7) is 3.97. The Morgan fingerprint density at radius 3 is 2.46 bits per heavy atom. The largest absolute Gasteiger partial charge is 0.340 e. The smallest absolute Gasteiger partial charge is 0.243 e. The fourth-order valence-electron chi connectivity index (χ4n) is 2.56. The first-order valence-corrected chi connectivity index (χ1v) is 9.57. The Morgan fingerprint density at radius 1 is 1.19 bits per heavy atom. The van der Waals surface area contributed by atoms with Gasteiger partial charge in [0.2, 0.25) is 21.8 Å². The van der Waals surface area contributed by atoms with E-state index in [2.05, 4.69) is 10.6 Å². The Kier molecular flexibility index (Phi) is 8.48. The van der Waals surface area contributed by atoms with Crippen molar-refractivity contribution in [2.45, 2.75) is 18.2 Å². The molecular weight excluding hydrogens is 380 g/mol. The number of nitrogens with one attached hydrogen (secondary N) is 2. The molecule has 1 aromatic rings. The summed E-state index contributed by atoms with van der Waals surface area (Å²) < 4.78 is 26.3. The molecule has 146 valence electrons. The summed E-state index contributed by atoms with van der Waals surface area (Å²) in [4.78, 5) is 25.1. The van der Waals surface area contributed by atoms with Gasteiger partial charge in [-0.05, 0) is 37.2 Å². The van der Waals surface area contributed by atoms with E-state index in [1.165, 1.54) is 38.2 Å². The van der Waals surface area contributed by atoms with Crippen LogP contribution < -0.4 is 10.6 Å². The zero-order chi connectivity index (χ0) is 18.4. The van der Waals surface area contributed by atoms with Gasteiger partial charge in [0.05, 0.1) is 11.4 Å². The highest BCUT2D eigenvalue weighted by atomic mass is 35.5. The Labute approximate surface area is 160 Å². The zero-order valence-electron chi connectivity index (χ0n) is 14.9. The number of nitrogens with zero attached hydrogens (tertiary/aromatic N) is 2. The lowest BCUT2D eigenvalue weighted by molar-refractivity contribution is -0.131. The number of halogens is 1. The third kappa shape index (κ3) is 5.94. The molecule has 1 heterocycles. The molecule has 0 unspecified atom stereocenters. The summed E-state index contributed by atoms with van der Waals surface area (Å²) in [5, 5.41) is 5.78. The first-order chi connectivity index (χ1) is 11.8. The molecule has 1 aromatic carbocycles. The van der Waals surface area contributed by atoms with Crippen LogP contribution in [0.25, 0.3) is 0 Å². The molecule has 0 atom stereocenters. The third-order valence-electron chi connectivity index (χ3n) is 3.93. The van der Waals surface area contributed by atoms with Gasteiger partial charge in [-0.3, -0.25) is 9.59 Å². The SMILES string of the molecule is CC(=O)Nc1ccc(S(=O)(=O)N(C)CC(=O)N2CCCNCC2)cc1.Cl. The lowest BCUT2D eigenvalue weighted by Crippen LogP contribution is -2.42. The minimum absolute atomic E-state index is 0. The van der Waals surface area contributed by atoms with E-state index < -0.39 is 10.0 Å². The zero-order valence-corrected chi connectivity index (χ0v) is 16.5. The van der Waals surface area contributed by atoms with Crippen molar-refractivity contribution in [1.29, 1.82) is 0 Å². The van der Waals surface area contributed by atoms with E-state index in [0.29, 0.717) is 25.3 Å². The summed E-state index contributed by atoms with van der Waals surface area (Å²) in [6.07, 6.45) is 0.854. The minimum atomic E-state index is -3.77. The number of carbonyl (C=O) groups excluding carboxylic acids is 2. The van der Waals surface area contributed by atoms with Gasteiger partial charge in [-0.1, -0.05) is 0 Å². The molecule has 2 amide bonds. The van der Waals surface area contributed by atoms with Gasteiger partial charge in [0.15, 0.2) is 0 Å². The van der Waals surface area contributed by atoms with Crippen LogP contribution in [-0.4, -0.2) is 69.2 Å². The van der Waals surface area contributed by atoms with Gasteiger partial charge in [-0.15, -0.1) is 12.4 Å². The Morgan fingerprint density at radius 2 is 1.85 bits per heavy atom. The molecule has 1 saturated heterocycles. The second kappa shape index (κ2) is 9.86. The number of hydrogen-bond acceptors (Lipinski definition) is 5. The van der Waals surface area contributed by atoms with E-state index in [0.717, 1.165) is 17.3 Å². The van der Waals surface area contributed by atoms with E-state index in [9.17, 15) is 18.0 Å². The average molecular weight is 405 g/mol. The second-order valence-electron chi connectivity index (χ2n) is 5.95. The van der Waals surface area contributed by atoms with Crippen LogP contribution >= 0.6 is 12.4 Å². The maximum Gasteiger partial charge on any atom is 0.243 e. The highest BCUT2D eigenvalue weighted by Gasteiger charge is 2.25. The Balaban J connectivity index is 0.00000338. The van der Waals surface area contributed by atoms with E-state index in [4.69, 9.17) is 0 Å². The van der Waals surface area contributed by atoms with Crippen LogP contribution in [0.1, 0.15) is 13.3 Å². The van der Waals surface area contributed by atoms with Crippen LogP contribution in [0.15, 0.2) is 29.2 Å². The van der Waals surface area contributed by atoms with E-state index >= 15 is 0 Å². The first-order valence-electron chi connectivity index (χ1n) is 8.13. The van der Waals surface area contributed by atoms with Crippen LogP contribution in [0, 0.1) is 0 Å². The predicted octanol–water partition coefficient (Wildman–Crippen LogP) is 0.509. The lowest BCUT2D eigenvalue weighted by atomic mass is 10.3.